The first-order valence-corrected chi connectivity index (χ1v) is 19.8. The number of para-hydroxylation sites is 2. The predicted molar refractivity (Wildman–Crippen MR) is 235 cm³/mol. The van der Waals surface area contributed by atoms with E-state index in [1.54, 1.807) is 11.3 Å². The molecule has 0 aliphatic heterocycles. The molecule has 0 saturated carbocycles. The molecule has 0 radical (unpaired) electrons. The van der Waals surface area contributed by atoms with Crippen molar-refractivity contribution in [2.45, 2.75) is 0 Å². The van der Waals surface area contributed by atoms with Crippen LogP contribution in [-0.2, 0) is 0 Å². The van der Waals surface area contributed by atoms with Gasteiger partial charge in [-0.05, 0) is 35.0 Å². The van der Waals surface area contributed by atoms with Gasteiger partial charge in [-0.3, -0.25) is 4.57 Å². The molecule has 0 aliphatic carbocycles. The second-order valence-electron chi connectivity index (χ2n) is 14.2. The maximum Gasteiger partial charge on any atom is 0.238 e. The Labute approximate surface area is 330 Å². The van der Waals surface area contributed by atoms with Gasteiger partial charge in [0.1, 0.15) is 5.01 Å². The standard InChI is InChI=1S/C50H30N6S/c1-3-16-32(17-4-1)47-52-48(39-24-13-20-31-15-7-8-21-34(31)39)54-50(53-47)56-42-27-12-10-23-36(42)38-30-29-37-35-22-9-11-26-41(35)55(44(37)45(38)56)43-28-14-25-40-46(43)57-49(51-40)33-18-5-2-6-19-33/h1-30H. The van der Waals surface area contributed by atoms with E-state index >= 15 is 0 Å². The minimum absolute atomic E-state index is 0.560. The Morgan fingerprint density at radius 1 is 0.386 bits per heavy atom. The number of nitrogens with zero attached hydrogens (tertiary/aromatic N) is 6. The topological polar surface area (TPSA) is 61.4 Å². The summed E-state index contributed by atoms with van der Waals surface area (Å²) in [6.45, 7) is 0. The van der Waals surface area contributed by atoms with Gasteiger partial charge in [0, 0.05) is 38.2 Å². The van der Waals surface area contributed by atoms with Crippen molar-refractivity contribution in [2.24, 2.45) is 0 Å². The monoisotopic (exact) mass is 746 g/mol. The summed E-state index contributed by atoms with van der Waals surface area (Å²) < 4.78 is 5.82. The Kier molecular flexibility index (Phi) is 7.00. The number of fused-ring (bicyclic) bond motifs is 9. The highest BCUT2D eigenvalue weighted by atomic mass is 32.1. The third-order valence-electron chi connectivity index (χ3n) is 11.0. The smallest absolute Gasteiger partial charge is 0.238 e. The van der Waals surface area contributed by atoms with Crippen LogP contribution in [0.5, 0.6) is 0 Å². The van der Waals surface area contributed by atoms with E-state index in [0.29, 0.717) is 17.6 Å². The highest BCUT2D eigenvalue weighted by molar-refractivity contribution is 7.22. The minimum atomic E-state index is 0.560. The molecule has 0 aliphatic rings. The SMILES string of the molecule is c1ccc(-c2nc(-c3cccc4ccccc34)nc(-n3c4ccccc4c4ccc5c6ccccc6n(-c6cccc7nc(-c8ccccc8)sc67)c5c43)n2)cc1. The Bertz CT molecular complexity index is 3520. The van der Waals surface area contributed by atoms with E-state index in [9.17, 15) is 0 Å². The van der Waals surface area contributed by atoms with Crippen LogP contribution < -0.4 is 0 Å². The molecule has 0 spiro atoms. The van der Waals surface area contributed by atoms with Gasteiger partial charge in [-0.15, -0.1) is 11.3 Å². The number of hydrogen-bond donors (Lipinski definition) is 0. The fraction of sp³-hybridized carbons (Fsp3) is 0. The molecule has 0 amide bonds. The van der Waals surface area contributed by atoms with Crippen LogP contribution in [-0.4, -0.2) is 29.1 Å². The van der Waals surface area contributed by atoms with Gasteiger partial charge >= 0.3 is 0 Å². The van der Waals surface area contributed by atoms with E-state index in [1.165, 1.54) is 5.39 Å². The van der Waals surface area contributed by atoms with Crippen LogP contribution in [0.4, 0.5) is 0 Å². The molecule has 8 aromatic carbocycles. The normalized spacial score (nSPS) is 11.9. The summed E-state index contributed by atoms with van der Waals surface area (Å²) in [4.78, 5) is 21.0. The third-order valence-corrected chi connectivity index (χ3v) is 12.2. The lowest BCUT2D eigenvalue weighted by atomic mass is 10.0. The van der Waals surface area contributed by atoms with Crippen molar-refractivity contribution in [3.05, 3.63) is 182 Å². The molecular formula is C50H30N6S. The van der Waals surface area contributed by atoms with Gasteiger partial charge in [0.2, 0.25) is 5.95 Å². The zero-order valence-electron chi connectivity index (χ0n) is 30.4. The van der Waals surface area contributed by atoms with Gasteiger partial charge in [0.15, 0.2) is 11.6 Å². The first-order chi connectivity index (χ1) is 28.3. The number of thiazole rings is 1. The van der Waals surface area contributed by atoms with Crippen molar-refractivity contribution in [3.63, 3.8) is 0 Å². The van der Waals surface area contributed by atoms with Crippen molar-refractivity contribution in [3.8, 4) is 45.0 Å². The average molecular weight is 747 g/mol. The molecule has 0 saturated heterocycles. The van der Waals surface area contributed by atoms with Gasteiger partial charge in [0.05, 0.1) is 38.0 Å². The van der Waals surface area contributed by atoms with Crippen molar-refractivity contribution >= 4 is 75.9 Å². The van der Waals surface area contributed by atoms with Crippen LogP contribution in [0.3, 0.4) is 0 Å². The molecule has 0 bridgehead atoms. The zero-order chi connectivity index (χ0) is 37.5. The number of rotatable bonds is 5. The molecule has 4 heterocycles. The summed E-state index contributed by atoms with van der Waals surface area (Å²) in [5, 5.41) is 7.80. The van der Waals surface area contributed by atoms with Crippen molar-refractivity contribution in [2.75, 3.05) is 0 Å². The summed E-state index contributed by atoms with van der Waals surface area (Å²) in [7, 11) is 0. The second-order valence-corrected chi connectivity index (χ2v) is 15.2. The van der Waals surface area contributed by atoms with Crippen LogP contribution >= 0.6 is 11.3 Å². The van der Waals surface area contributed by atoms with Gasteiger partial charge in [-0.25, -0.2) is 9.97 Å². The number of hydrogen-bond acceptors (Lipinski definition) is 5. The second kappa shape index (κ2) is 12.5. The van der Waals surface area contributed by atoms with Gasteiger partial charge in [-0.1, -0.05) is 158 Å². The number of aromatic nitrogens is 6. The molecular weight excluding hydrogens is 717 g/mol. The molecule has 6 nitrogen and oxygen atoms in total. The van der Waals surface area contributed by atoms with Crippen molar-refractivity contribution in [1.29, 1.82) is 0 Å². The van der Waals surface area contributed by atoms with E-state index in [0.717, 1.165) is 86.6 Å². The van der Waals surface area contributed by atoms with E-state index in [1.807, 2.05) is 24.3 Å². The molecule has 12 aromatic rings. The van der Waals surface area contributed by atoms with Gasteiger partial charge in [-0.2, -0.15) is 9.97 Å². The van der Waals surface area contributed by atoms with Crippen LogP contribution in [0.15, 0.2) is 182 Å². The first-order valence-electron chi connectivity index (χ1n) is 19.0. The quantitative estimate of drug-likeness (QED) is 0.176. The minimum Gasteiger partial charge on any atom is -0.306 e. The summed E-state index contributed by atoms with van der Waals surface area (Å²) in [5.74, 6) is 1.80. The van der Waals surface area contributed by atoms with Gasteiger partial charge < -0.3 is 4.57 Å². The molecule has 0 unspecified atom stereocenters. The van der Waals surface area contributed by atoms with E-state index in [4.69, 9.17) is 19.9 Å². The predicted octanol–water partition coefficient (Wildman–Crippen LogP) is 12.8. The largest absolute Gasteiger partial charge is 0.306 e. The maximum atomic E-state index is 5.40. The Balaban J connectivity index is 1.23. The molecule has 0 fully saturated rings. The highest BCUT2D eigenvalue weighted by Crippen LogP contribution is 2.44. The maximum absolute atomic E-state index is 5.40. The third kappa shape index (κ3) is 4.89. The molecule has 4 aromatic heterocycles. The molecule has 57 heavy (non-hydrogen) atoms. The zero-order valence-corrected chi connectivity index (χ0v) is 31.2. The van der Waals surface area contributed by atoms with E-state index in [-0.39, 0.29) is 0 Å². The Hall–Kier alpha value is -7.48. The summed E-state index contributed by atoms with van der Waals surface area (Å²) in [6.07, 6.45) is 0. The fourth-order valence-corrected chi connectivity index (χ4v) is 9.57. The number of benzene rings is 8. The summed E-state index contributed by atoms with van der Waals surface area (Å²) in [6, 6.07) is 63.7. The van der Waals surface area contributed by atoms with Gasteiger partial charge in [0.25, 0.3) is 0 Å². The lowest BCUT2D eigenvalue weighted by Crippen LogP contribution is -2.07. The molecule has 0 N–H and O–H groups in total. The van der Waals surface area contributed by atoms with Crippen LogP contribution in [0, 0.1) is 0 Å². The van der Waals surface area contributed by atoms with E-state index < -0.39 is 0 Å². The van der Waals surface area contributed by atoms with Crippen LogP contribution in [0.25, 0.3) is 110 Å². The summed E-state index contributed by atoms with van der Waals surface area (Å²) >= 11 is 1.73. The lowest BCUT2D eigenvalue weighted by molar-refractivity contribution is 0.954. The highest BCUT2D eigenvalue weighted by Gasteiger charge is 2.25. The molecule has 0 atom stereocenters. The van der Waals surface area contributed by atoms with Crippen LogP contribution in [0.2, 0.25) is 0 Å². The van der Waals surface area contributed by atoms with Crippen molar-refractivity contribution < 1.29 is 0 Å². The van der Waals surface area contributed by atoms with E-state index in [2.05, 4.69) is 167 Å². The Morgan fingerprint density at radius 3 is 1.72 bits per heavy atom. The Morgan fingerprint density at radius 2 is 0.965 bits per heavy atom. The molecule has 7 heteroatoms. The van der Waals surface area contributed by atoms with Crippen molar-refractivity contribution in [1.82, 2.24) is 29.1 Å². The molecule has 12 rings (SSSR count). The average Bonchev–Trinajstić information content (AvgIpc) is 3.97. The molecule has 266 valence electrons. The first kappa shape index (κ1) is 31.8. The lowest BCUT2D eigenvalue weighted by Gasteiger charge is -2.14. The fourth-order valence-electron chi connectivity index (χ4n) is 8.50. The summed E-state index contributed by atoms with van der Waals surface area (Å²) in [5.41, 5.74) is 9.31. The van der Waals surface area contributed by atoms with Crippen LogP contribution in [0.1, 0.15) is 0 Å².